The van der Waals surface area contributed by atoms with Crippen LogP contribution >= 0.6 is 0 Å². The van der Waals surface area contributed by atoms with Crippen molar-refractivity contribution in [1.29, 1.82) is 5.26 Å². The minimum absolute atomic E-state index is 0.0394. The quantitative estimate of drug-likeness (QED) is 0.217. The minimum Gasteiger partial charge on any atom is -0.489 e. The number of anilines is 1. The Hall–Kier alpha value is -5.24. The molecule has 5 rings (SSSR count). The van der Waals surface area contributed by atoms with Crippen molar-refractivity contribution in [1.82, 2.24) is 4.90 Å². The molecule has 0 radical (unpaired) electrons. The first-order chi connectivity index (χ1) is 22.8. The van der Waals surface area contributed by atoms with E-state index in [1.165, 1.54) is 11.0 Å². The van der Waals surface area contributed by atoms with Crippen LogP contribution in [0.5, 0.6) is 5.75 Å². The molecule has 10 nitrogen and oxygen atoms in total. The van der Waals surface area contributed by atoms with Crippen molar-refractivity contribution in [2.75, 3.05) is 18.0 Å². The van der Waals surface area contributed by atoms with Crippen molar-refractivity contribution in [3.63, 3.8) is 0 Å². The lowest BCUT2D eigenvalue weighted by molar-refractivity contribution is -0.155. The van der Waals surface area contributed by atoms with Crippen LogP contribution in [-0.2, 0) is 27.5 Å². The minimum atomic E-state index is -0.986. The molecule has 1 atom stereocenters. The van der Waals surface area contributed by atoms with Crippen LogP contribution < -0.4 is 15.4 Å². The van der Waals surface area contributed by atoms with Gasteiger partial charge in [-0.1, -0.05) is 30.3 Å². The number of ether oxygens (including phenoxy) is 2. The van der Waals surface area contributed by atoms with Gasteiger partial charge >= 0.3 is 5.97 Å². The molecular formula is C37H39FN4O6. The van der Waals surface area contributed by atoms with E-state index in [0.717, 1.165) is 5.56 Å². The Morgan fingerprint density at radius 2 is 1.77 bits per heavy atom. The first-order valence-corrected chi connectivity index (χ1v) is 16.0. The van der Waals surface area contributed by atoms with Gasteiger partial charge in [-0.05, 0) is 75.9 Å². The van der Waals surface area contributed by atoms with Gasteiger partial charge in [-0.2, -0.15) is 5.26 Å². The lowest BCUT2D eigenvalue weighted by atomic mass is 9.88. The van der Waals surface area contributed by atoms with Crippen molar-refractivity contribution in [3.05, 3.63) is 94.3 Å². The summed E-state index contributed by atoms with van der Waals surface area (Å²) >= 11 is 0. The molecule has 0 aliphatic carbocycles. The molecule has 2 heterocycles. The normalized spacial score (nSPS) is 15.4. The van der Waals surface area contributed by atoms with E-state index >= 15 is 0 Å². The second-order valence-corrected chi connectivity index (χ2v) is 13.1. The zero-order valence-corrected chi connectivity index (χ0v) is 27.3. The molecule has 250 valence electrons. The van der Waals surface area contributed by atoms with Crippen LogP contribution in [0.2, 0.25) is 0 Å². The van der Waals surface area contributed by atoms with Gasteiger partial charge in [0, 0.05) is 42.1 Å². The number of rotatable bonds is 11. The Kier molecular flexibility index (Phi) is 10.1. The molecule has 1 fully saturated rings. The Bertz CT molecular complexity index is 1750. The second kappa shape index (κ2) is 14.3. The summed E-state index contributed by atoms with van der Waals surface area (Å²) in [4.78, 5) is 54.5. The van der Waals surface area contributed by atoms with Gasteiger partial charge < -0.3 is 25.0 Å². The molecule has 3 aromatic rings. The highest BCUT2D eigenvalue weighted by molar-refractivity contribution is 6.01. The monoisotopic (exact) mass is 654 g/mol. The molecule has 0 saturated carbocycles. The zero-order valence-electron chi connectivity index (χ0n) is 27.3. The molecule has 1 saturated heterocycles. The number of carbonyl (C=O) groups excluding carboxylic acids is 4. The number of hydrogen-bond acceptors (Lipinski definition) is 8. The number of Topliss-reactive ketones (excluding diaryl/α,β-unsaturated/α-hetero) is 1. The molecule has 2 amide bonds. The van der Waals surface area contributed by atoms with E-state index in [2.05, 4.69) is 0 Å². The van der Waals surface area contributed by atoms with Crippen LogP contribution in [0, 0.1) is 23.1 Å². The molecule has 0 unspecified atom stereocenters. The third-order valence-electron chi connectivity index (χ3n) is 8.62. The summed E-state index contributed by atoms with van der Waals surface area (Å²) in [6, 6.07) is 17.7. The molecule has 48 heavy (non-hydrogen) atoms. The number of esters is 1. The Morgan fingerprint density at radius 3 is 2.40 bits per heavy atom. The average Bonchev–Trinajstić information content (AvgIpc) is 3.39. The predicted molar refractivity (Wildman–Crippen MR) is 176 cm³/mol. The molecule has 11 heteroatoms. The molecule has 3 aromatic carbocycles. The molecule has 2 aliphatic rings. The van der Waals surface area contributed by atoms with E-state index < -0.39 is 29.3 Å². The highest BCUT2D eigenvalue weighted by Crippen LogP contribution is 2.34. The molecule has 2 N–H and O–H groups in total. The summed E-state index contributed by atoms with van der Waals surface area (Å²) < 4.78 is 25.9. The van der Waals surface area contributed by atoms with Crippen LogP contribution in [-0.4, -0.2) is 53.2 Å². The molecule has 0 bridgehead atoms. The van der Waals surface area contributed by atoms with Crippen molar-refractivity contribution in [3.8, 4) is 11.8 Å². The number of primary amides is 1. The van der Waals surface area contributed by atoms with Gasteiger partial charge in [0.2, 0.25) is 5.91 Å². The smallest absolute Gasteiger partial charge is 0.306 e. The summed E-state index contributed by atoms with van der Waals surface area (Å²) in [6.45, 7) is 6.63. The van der Waals surface area contributed by atoms with E-state index in [1.807, 2.05) is 23.1 Å². The summed E-state index contributed by atoms with van der Waals surface area (Å²) in [5, 5.41) is 8.99. The number of piperidine rings is 1. The summed E-state index contributed by atoms with van der Waals surface area (Å²) in [7, 11) is 0. The van der Waals surface area contributed by atoms with Crippen LogP contribution in [0.15, 0.2) is 60.7 Å². The van der Waals surface area contributed by atoms with Gasteiger partial charge in [0.05, 0.1) is 23.9 Å². The number of nitrogens with two attached hydrogens (primary N) is 1. The fourth-order valence-corrected chi connectivity index (χ4v) is 6.19. The van der Waals surface area contributed by atoms with E-state index in [1.54, 1.807) is 63.2 Å². The van der Waals surface area contributed by atoms with Crippen LogP contribution in [0.25, 0.3) is 0 Å². The Morgan fingerprint density at radius 1 is 1.06 bits per heavy atom. The lowest BCUT2D eigenvalue weighted by Gasteiger charge is -2.33. The van der Waals surface area contributed by atoms with Crippen molar-refractivity contribution >= 4 is 29.3 Å². The highest BCUT2D eigenvalue weighted by atomic mass is 19.1. The van der Waals surface area contributed by atoms with E-state index in [9.17, 15) is 23.6 Å². The van der Waals surface area contributed by atoms with E-state index in [-0.39, 0.29) is 49.2 Å². The van der Waals surface area contributed by atoms with Crippen LogP contribution in [0.1, 0.15) is 83.9 Å². The maximum Gasteiger partial charge on any atom is 0.306 e. The fraction of sp³-hybridized carbons (Fsp3) is 0.378. The summed E-state index contributed by atoms with van der Waals surface area (Å²) in [6.07, 6.45) is 1.16. The Balaban J connectivity index is 1.17. The maximum absolute atomic E-state index is 14.5. The average molecular weight is 655 g/mol. The third-order valence-corrected chi connectivity index (χ3v) is 8.62. The topological polar surface area (TPSA) is 143 Å². The van der Waals surface area contributed by atoms with Gasteiger partial charge in [-0.3, -0.25) is 19.2 Å². The largest absolute Gasteiger partial charge is 0.489 e. The zero-order chi connectivity index (χ0) is 34.6. The third kappa shape index (κ3) is 7.82. The van der Waals surface area contributed by atoms with Gasteiger partial charge in [0.15, 0.2) is 5.78 Å². The number of hydrogen-bond donors (Lipinski definition) is 1. The van der Waals surface area contributed by atoms with E-state index in [4.69, 9.17) is 20.5 Å². The Labute approximate surface area is 279 Å². The summed E-state index contributed by atoms with van der Waals surface area (Å²) in [5.41, 5.74) is 8.15. The number of halogens is 1. The van der Waals surface area contributed by atoms with Crippen LogP contribution in [0.4, 0.5) is 10.1 Å². The number of nitriles is 1. The number of benzene rings is 3. The first kappa shape index (κ1) is 34.1. The van der Waals surface area contributed by atoms with E-state index in [0.29, 0.717) is 54.1 Å². The molecule has 0 aromatic heterocycles. The summed E-state index contributed by atoms with van der Waals surface area (Å²) in [5.74, 6) is -1.63. The SMILES string of the molecule is CC(C)(C)OC(=O)CC[C@@H](C(N)=O)N1Cc2c(OCc3ccc(C(=O)C4CCN(c5ccc(C#N)cc5F)CC4)cc3)cccc2C1=O. The van der Waals surface area contributed by atoms with Crippen molar-refractivity contribution in [2.24, 2.45) is 11.7 Å². The number of ketones is 1. The standard InChI is InChI=1S/C37H39FN4O6/c1-37(2,3)48-33(43)14-13-31(35(40)45)42-21-28-27(36(42)46)5-4-6-32(28)47-22-23-7-10-25(11-8-23)34(44)26-15-17-41(18-16-26)30-12-9-24(20-39)19-29(30)38/h4-12,19,26,31H,13-18,21-22H2,1-3H3,(H2,40,45)/t31-/m0/s1. The number of amides is 2. The van der Waals surface area contributed by atoms with Gasteiger partial charge in [0.1, 0.15) is 29.8 Å². The van der Waals surface area contributed by atoms with Gasteiger partial charge in [0.25, 0.3) is 5.91 Å². The number of nitrogens with zero attached hydrogens (tertiary/aromatic N) is 3. The van der Waals surface area contributed by atoms with Gasteiger partial charge in [-0.25, -0.2) is 4.39 Å². The maximum atomic E-state index is 14.5. The molecule has 0 spiro atoms. The molecular weight excluding hydrogens is 615 g/mol. The lowest BCUT2D eigenvalue weighted by Crippen LogP contribution is -2.45. The van der Waals surface area contributed by atoms with Crippen LogP contribution in [0.3, 0.4) is 0 Å². The number of fused-ring (bicyclic) bond motifs is 1. The van der Waals surface area contributed by atoms with Crippen molar-refractivity contribution < 1.29 is 33.0 Å². The van der Waals surface area contributed by atoms with Crippen molar-refractivity contribution in [2.45, 2.75) is 71.2 Å². The second-order valence-electron chi connectivity index (χ2n) is 13.1. The number of carbonyl (C=O) groups is 4. The predicted octanol–water partition coefficient (Wildman–Crippen LogP) is 5.31. The highest BCUT2D eigenvalue weighted by Gasteiger charge is 2.37. The van der Waals surface area contributed by atoms with Gasteiger partial charge in [-0.15, -0.1) is 0 Å². The first-order valence-electron chi connectivity index (χ1n) is 16.0. The molecule has 2 aliphatic heterocycles. The fourth-order valence-electron chi connectivity index (χ4n) is 6.19.